The minimum Gasteiger partial charge on any atom is -0.466 e. The van der Waals surface area contributed by atoms with E-state index in [1.54, 1.807) is 27.7 Å². The number of rotatable bonds is 2. The highest BCUT2D eigenvalue weighted by Gasteiger charge is 2.40. The molecule has 1 saturated heterocycles. The number of hydrogen-bond acceptors (Lipinski definition) is 5. The zero-order valence-corrected chi connectivity index (χ0v) is 11.3. The first-order chi connectivity index (χ1) is 8.24. The minimum atomic E-state index is -0.892. The van der Waals surface area contributed by atoms with Crippen LogP contribution < -0.4 is 0 Å². The van der Waals surface area contributed by atoms with Crippen molar-refractivity contribution in [3.05, 3.63) is 0 Å². The molecule has 0 aromatic rings. The van der Waals surface area contributed by atoms with Gasteiger partial charge in [-0.25, -0.2) is 4.79 Å². The first-order valence-corrected chi connectivity index (χ1v) is 6.07. The highest BCUT2D eigenvalue weighted by Crippen LogP contribution is 2.21. The Bertz CT molecular complexity index is 323. The summed E-state index contributed by atoms with van der Waals surface area (Å²) in [4.78, 5) is 24.7. The molecular formula is C12H21NO5. The van der Waals surface area contributed by atoms with Gasteiger partial charge in [-0.15, -0.1) is 0 Å². The maximum absolute atomic E-state index is 11.8. The molecule has 0 radical (unpaired) electrons. The summed E-state index contributed by atoms with van der Waals surface area (Å²) in [5.41, 5.74) is -0.593. The molecule has 18 heavy (non-hydrogen) atoms. The molecule has 104 valence electrons. The van der Waals surface area contributed by atoms with Gasteiger partial charge < -0.3 is 19.5 Å². The number of carbonyl (C=O) groups excluding carboxylic acids is 2. The summed E-state index contributed by atoms with van der Waals surface area (Å²) >= 11 is 0. The van der Waals surface area contributed by atoms with E-state index in [9.17, 15) is 14.7 Å². The van der Waals surface area contributed by atoms with Crippen LogP contribution in [0.5, 0.6) is 0 Å². The number of likely N-dealkylation sites (tertiary alicyclic amines) is 1. The van der Waals surface area contributed by atoms with E-state index in [2.05, 4.69) is 0 Å². The van der Waals surface area contributed by atoms with Crippen LogP contribution in [0.2, 0.25) is 0 Å². The lowest BCUT2D eigenvalue weighted by Crippen LogP contribution is -2.36. The molecule has 1 fully saturated rings. The summed E-state index contributed by atoms with van der Waals surface area (Å²) in [5, 5.41) is 9.75. The lowest BCUT2D eigenvalue weighted by atomic mass is 10.1. The summed E-state index contributed by atoms with van der Waals surface area (Å²) in [6, 6.07) is 0. The SMILES string of the molecule is CCOC(=O)C1CN(C(=O)OC(C)(C)C)C[C@@H]1O. The standard InChI is InChI=1S/C12H21NO5/c1-5-17-10(15)8-6-13(7-9(8)14)11(16)18-12(2,3)4/h8-9,14H,5-7H2,1-4H3/t8?,9-/m0/s1. The number of amides is 1. The fourth-order valence-corrected chi connectivity index (χ4v) is 1.74. The third-order valence-electron chi connectivity index (χ3n) is 2.53. The van der Waals surface area contributed by atoms with Crippen LogP contribution in [0.1, 0.15) is 27.7 Å². The molecule has 1 N–H and O–H groups in total. The van der Waals surface area contributed by atoms with Gasteiger partial charge in [0.15, 0.2) is 0 Å². The predicted octanol–water partition coefficient (Wildman–Crippen LogP) is 0.777. The van der Waals surface area contributed by atoms with Crippen LogP contribution in [0.25, 0.3) is 0 Å². The van der Waals surface area contributed by atoms with E-state index in [1.165, 1.54) is 4.90 Å². The average molecular weight is 259 g/mol. The van der Waals surface area contributed by atoms with Gasteiger partial charge in [0.25, 0.3) is 0 Å². The summed E-state index contributed by atoms with van der Waals surface area (Å²) in [6.07, 6.45) is -1.41. The molecule has 0 saturated carbocycles. The third kappa shape index (κ3) is 3.87. The monoisotopic (exact) mass is 259 g/mol. The fraction of sp³-hybridized carbons (Fsp3) is 0.833. The van der Waals surface area contributed by atoms with Gasteiger partial charge in [-0.05, 0) is 27.7 Å². The molecule has 6 nitrogen and oxygen atoms in total. The van der Waals surface area contributed by atoms with Crippen LogP contribution in [0.15, 0.2) is 0 Å². The molecule has 0 bridgehead atoms. The minimum absolute atomic E-state index is 0.0956. The molecule has 0 aromatic carbocycles. The van der Waals surface area contributed by atoms with Crippen LogP contribution in [0, 0.1) is 5.92 Å². The normalized spacial score (nSPS) is 23.9. The second kappa shape index (κ2) is 5.56. The largest absolute Gasteiger partial charge is 0.466 e. The second-order valence-electron chi connectivity index (χ2n) is 5.31. The quantitative estimate of drug-likeness (QED) is 0.741. The Morgan fingerprint density at radius 3 is 2.44 bits per heavy atom. The van der Waals surface area contributed by atoms with E-state index in [4.69, 9.17) is 9.47 Å². The molecule has 1 amide bonds. The molecule has 1 unspecified atom stereocenters. The molecule has 1 aliphatic heterocycles. The number of nitrogens with zero attached hydrogens (tertiary/aromatic N) is 1. The Morgan fingerprint density at radius 1 is 1.33 bits per heavy atom. The maximum Gasteiger partial charge on any atom is 0.410 e. The molecule has 6 heteroatoms. The van der Waals surface area contributed by atoms with Crippen LogP contribution in [-0.2, 0) is 14.3 Å². The Kier molecular flexibility index (Phi) is 4.56. The summed E-state index contributed by atoms with van der Waals surface area (Å²) in [5.74, 6) is -1.16. The highest BCUT2D eigenvalue weighted by atomic mass is 16.6. The van der Waals surface area contributed by atoms with Crippen molar-refractivity contribution >= 4 is 12.1 Å². The van der Waals surface area contributed by atoms with E-state index in [-0.39, 0.29) is 19.7 Å². The topological polar surface area (TPSA) is 76.1 Å². The van der Waals surface area contributed by atoms with E-state index in [1.807, 2.05) is 0 Å². The van der Waals surface area contributed by atoms with Gasteiger partial charge in [0, 0.05) is 6.54 Å². The van der Waals surface area contributed by atoms with Crippen molar-refractivity contribution in [3.8, 4) is 0 Å². The molecule has 0 aliphatic carbocycles. The van der Waals surface area contributed by atoms with E-state index < -0.39 is 29.7 Å². The van der Waals surface area contributed by atoms with Gasteiger partial charge in [0.05, 0.1) is 19.3 Å². The second-order valence-corrected chi connectivity index (χ2v) is 5.31. The van der Waals surface area contributed by atoms with Gasteiger partial charge in [-0.2, -0.15) is 0 Å². The Balaban J connectivity index is 2.58. The molecule has 1 heterocycles. The lowest BCUT2D eigenvalue weighted by molar-refractivity contribution is -0.150. The molecule has 1 aliphatic rings. The smallest absolute Gasteiger partial charge is 0.410 e. The van der Waals surface area contributed by atoms with Gasteiger partial charge in [0.2, 0.25) is 0 Å². The van der Waals surface area contributed by atoms with Crippen molar-refractivity contribution in [2.75, 3.05) is 19.7 Å². The van der Waals surface area contributed by atoms with Crippen molar-refractivity contribution in [1.82, 2.24) is 4.90 Å². The van der Waals surface area contributed by atoms with Crippen LogP contribution in [0.3, 0.4) is 0 Å². The van der Waals surface area contributed by atoms with Crippen molar-refractivity contribution in [2.45, 2.75) is 39.4 Å². The van der Waals surface area contributed by atoms with Crippen molar-refractivity contribution in [2.24, 2.45) is 5.92 Å². The first kappa shape index (κ1) is 14.8. The fourth-order valence-electron chi connectivity index (χ4n) is 1.74. The molecular weight excluding hydrogens is 238 g/mol. The average Bonchev–Trinajstić information content (AvgIpc) is 2.58. The Hall–Kier alpha value is -1.30. The van der Waals surface area contributed by atoms with Crippen LogP contribution in [0.4, 0.5) is 4.79 Å². The zero-order valence-electron chi connectivity index (χ0n) is 11.3. The zero-order chi connectivity index (χ0) is 13.9. The van der Waals surface area contributed by atoms with E-state index >= 15 is 0 Å². The van der Waals surface area contributed by atoms with Crippen molar-refractivity contribution < 1.29 is 24.2 Å². The molecule has 2 atom stereocenters. The third-order valence-corrected chi connectivity index (χ3v) is 2.53. The van der Waals surface area contributed by atoms with Gasteiger partial charge in [0.1, 0.15) is 11.5 Å². The summed E-state index contributed by atoms with van der Waals surface area (Å²) < 4.78 is 10.0. The first-order valence-electron chi connectivity index (χ1n) is 6.07. The van der Waals surface area contributed by atoms with Crippen molar-refractivity contribution in [1.29, 1.82) is 0 Å². The Morgan fingerprint density at radius 2 is 1.94 bits per heavy atom. The number of ether oxygens (including phenoxy) is 2. The molecule has 0 spiro atoms. The summed E-state index contributed by atoms with van der Waals surface area (Å²) in [6.45, 7) is 7.48. The summed E-state index contributed by atoms with van der Waals surface area (Å²) in [7, 11) is 0. The maximum atomic E-state index is 11.8. The number of carbonyl (C=O) groups is 2. The van der Waals surface area contributed by atoms with Crippen LogP contribution >= 0.6 is 0 Å². The highest BCUT2D eigenvalue weighted by molar-refractivity contribution is 5.76. The lowest BCUT2D eigenvalue weighted by Gasteiger charge is -2.24. The van der Waals surface area contributed by atoms with Gasteiger partial charge in [-0.1, -0.05) is 0 Å². The van der Waals surface area contributed by atoms with Gasteiger partial charge >= 0.3 is 12.1 Å². The molecule has 1 rings (SSSR count). The predicted molar refractivity (Wildman–Crippen MR) is 63.9 cm³/mol. The van der Waals surface area contributed by atoms with E-state index in [0.717, 1.165) is 0 Å². The van der Waals surface area contributed by atoms with Gasteiger partial charge in [-0.3, -0.25) is 4.79 Å². The number of β-amino-alcohol motifs (C(OH)–C–C–N with tert-alkyl or cyclic N) is 1. The number of esters is 1. The van der Waals surface area contributed by atoms with Crippen LogP contribution in [-0.4, -0.2) is 53.5 Å². The number of aliphatic hydroxyl groups excluding tert-OH is 1. The van der Waals surface area contributed by atoms with E-state index in [0.29, 0.717) is 0 Å². The number of hydrogen-bond donors (Lipinski definition) is 1. The number of aliphatic hydroxyl groups is 1. The molecule has 0 aromatic heterocycles. The van der Waals surface area contributed by atoms with Crippen molar-refractivity contribution in [3.63, 3.8) is 0 Å². The Labute approximate surface area is 107 Å².